The molecule has 3 nitrogen and oxygen atoms in total. The van der Waals surface area contributed by atoms with Crippen LogP contribution in [-0.2, 0) is 0 Å². The van der Waals surface area contributed by atoms with Crippen LogP contribution >= 0.6 is 0 Å². The highest BCUT2D eigenvalue weighted by atomic mass is 16.3. The van der Waals surface area contributed by atoms with Gasteiger partial charge in [-0.3, -0.25) is 0 Å². The fraction of sp³-hybridized carbons (Fsp3) is 1.00. The number of rotatable bonds is 4. The molecular formula is C11H24N2O. The van der Waals surface area contributed by atoms with E-state index in [4.69, 9.17) is 0 Å². The molecule has 0 saturated carbocycles. The lowest BCUT2D eigenvalue weighted by Gasteiger charge is -2.35. The Bertz CT molecular complexity index is 161. The number of piperazine rings is 1. The predicted molar refractivity (Wildman–Crippen MR) is 59.4 cm³/mol. The van der Waals surface area contributed by atoms with E-state index in [2.05, 4.69) is 31.4 Å². The van der Waals surface area contributed by atoms with Crippen LogP contribution in [0.15, 0.2) is 0 Å². The van der Waals surface area contributed by atoms with Crippen LogP contribution in [0.4, 0.5) is 0 Å². The standard InChI is InChI=1S/C11H24N2O/c1-4-11(14,5-2)6-10-8-12-9(3)7-13-10/h9-10,12-14H,4-8H2,1-3H3. The second-order valence-corrected chi connectivity index (χ2v) is 4.55. The summed E-state index contributed by atoms with van der Waals surface area (Å²) in [5.41, 5.74) is -0.472. The van der Waals surface area contributed by atoms with Crippen molar-refractivity contribution < 1.29 is 5.11 Å². The van der Waals surface area contributed by atoms with Crippen molar-refractivity contribution in [2.24, 2.45) is 0 Å². The van der Waals surface area contributed by atoms with E-state index >= 15 is 0 Å². The molecule has 1 aliphatic rings. The lowest BCUT2D eigenvalue weighted by Crippen LogP contribution is -2.55. The first-order valence-corrected chi connectivity index (χ1v) is 5.79. The molecule has 0 aromatic carbocycles. The molecule has 1 rings (SSSR count). The average Bonchev–Trinajstić information content (AvgIpc) is 2.21. The average molecular weight is 200 g/mol. The summed E-state index contributed by atoms with van der Waals surface area (Å²) in [5, 5.41) is 17.1. The van der Waals surface area contributed by atoms with E-state index in [9.17, 15) is 5.11 Å². The third kappa shape index (κ3) is 3.23. The molecule has 3 N–H and O–H groups in total. The van der Waals surface area contributed by atoms with Crippen molar-refractivity contribution >= 4 is 0 Å². The molecule has 0 aromatic heterocycles. The predicted octanol–water partition coefficient (Wildman–Crippen LogP) is 0.877. The summed E-state index contributed by atoms with van der Waals surface area (Å²) in [6.07, 6.45) is 2.55. The lowest BCUT2D eigenvalue weighted by molar-refractivity contribution is 0.0116. The van der Waals surface area contributed by atoms with Crippen molar-refractivity contribution in [3.05, 3.63) is 0 Å². The zero-order valence-corrected chi connectivity index (χ0v) is 9.64. The molecule has 1 aliphatic heterocycles. The Hall–Kier alpha value is -0.120. The van der Waals surface area contributed by atoms with Crippen LogP contribution in [0.5, 0.6) is 0 Å². The van der Waals surface area contributed by atoms with E-state index in [1.807, 2.05) is 0 Å². The zero-order chi connectivity index (χ0) is 10.6. The maximum absolute atomic E-state index is 10.2. The van der Waals surface area contributed by atoms with Gasteiger partial charge in [-0.1, -0.05) is 13.8 Å². The van der Waals surface area contributed by atoms with Gasteiger partial charge in [-0.05, 0) is 26.2 Å². The SMILES string of the molecule is CCC(O)(CC)CC1CNC(C)CN1. The molecule has 1 heterocycles. The molecule has 0 radical (unpaired) electrons. The van der Waals surface area contributed by atoms with Gasteiger partial charge in [-0.25, -0.2) is 0 Å². The fourth-order valence-electron chi connectivity index (χ4n) is 1.97. The molecule has 0 bridgehead atoms. The van der Waals surface area contributed by atoms with Gasteiger partial charge in [0.15, 0.2) is 0 Å². The van der Waals surface area contributed by atoms with Gasteiger partial charge in [0.1, 0.15) is 0 Å². The maximum atomic E-state index is 10.2. The third-order valence-electron chi connectivity index (χ3n) is 3.37. The van der Waals surface area contributed by atoms with Crippen molar-refractivity contribution in [3.63, 3.8) is 0 Å². The van der Waals surface area contributed by atoms with Gasteiger partial charge in [0.2, 0.25) is 0 Å². The fourth-order valence-corrected chi connectivity index (χ4v) is 1.97. The van der Waals surface area contributed by atoms with Gasteiger partial charge in [-0.2, -0.15) is 0 Å². The lowest BCUT2D eigenvalue weighted by atomic mass is 9.89. The van der Waals surface area contributed by atoms with Crippen molar-refractivity contribution in [1.82, 2.24) is 10.6 Å². The third-order valence-corrected chi connectivity index (χ3v) is 3.37. The van der Waals surface area contributed by atoms with Crippen LogP contribution in [-0.4, -0.2) is 35.9 Å². The molecule has 0 aliphatic carbocycles. The summed E-state index contributed by atoms with van der Waals surface area (Å²) < 4.78 is 0. The van der Waals surface area contributed by atoms with Crippen LogP contribution < -0.4 is 10.6 Å². The molecule has 1 fully saturated rings. The number of aliphatic hydroxyl groups is 1. The minimum Gasteiger partial charge on any atom is -0.390 e. The highest BCUT2D eigenvalue weighted by Gasteiger charge is 2.28. The van der Waals surface area contributed by atoms with E-state index in [0.29, 0.717) is 12.1 Å². The second kappa shape index (κ2) is 5.10. The largest absolute Gasteiger partial charge is 0.390 e. The summed E-state index contributed by atoms with van der Waals surface area (Å²) in [6.45, 7) is 8.28. The molecule has 2 unspecified atom stereocenters. The summed E-state index contributed by atoms with van der Waals surface area (Å²) in [6, 6.07) is 0.985. The first kappa shape index (κ1) is 12.0. The summed E-state index contributed by atoms with van der Waals surface area (Å²) >= 11 is 0. The number of hydrogen-bond donors (Lipinski definition) is 3. The van der Waals surface area contributed by atoms with Crippen LogP contribution in [0.1, 0.15) is 40.0 Å². The Morgan fingerprint density at radius 2 is 1.86 bits per heavy atom. The summed E-state index contributed by atoms with van der Waals surface area (Å²) in [5.74, 6) is 0. The van der Waals surface area contributed by atoms with Crippen LogP contribution in [0, 0.1) is 0 Å². The minimum atomic E-state index is -0.472. The molecular weight excluding hydrogens is 176 g/mol. The molecule has 2 atom stereocenters. The normalized spacial score (nSPS) is 29.1. The molecule has 3 heteroatoms. The van der Waals surface area contributed by atoms with Crippen molar-refractivity contribution in [2.75, 3.05) is 13.1 Å². The minimum absolute atomic E-state index is 0.427. The van der Waals surface area contributed by atoms with E-state index in [0.717, 1.165) is 32.4 Å². The Morgan fingerprint density at radius 1 is 1.21 bits per heavy atom. The van der Waals surface area contributed by atoms with Gasteiger partial charge in [0.25, 0.3) is 0 Å². The van der Waals surface area contributed by atoms with E-state index in [1.165, 1.54) is 0 Å². The Kier molecular flexibility index (Phi) is 4.35. The number of nitrogens with one attached hydrogen (secondary N) is 2. The van der Waals surface area contributed by atoms with E-state index in [1.54, 1.807) is 0 Å². The Morgan fingerprint density at radius 3 is 2.29 bits per heavy atom. The van der Waals surface area contributed by atoms with Gasteiger partial charge in [0, 0.05) is 25.2 Å². The Labute approximate surface area is 87.3 Å². The molecule has 0 aromatic rings. The molecule has 0 spiro atoms. The van der Waals surface area contributed by atoms with Crippen LogP contribution in [0.3, 0.4) is 0 Å². The first-order chi connectivity index (χ1) is 6.59. The topological polar surface area (TPSA) is 44.3 Å². The van der Waals surface area contributed by atoms with E-state index < -0.39 is 5.60 Å². The van der Waals surface area contributed by atoms with Gasteiger partial charge >= 0.3 is 0 Å². The smallest absolute Gasteiger partial charge is 0.0657 e. The molecule has 0 amide bonds. The Balaban J connectivity index is 2.36. The quantitative estimate of drug-likeness (QED) is 0.631. The summed E-state index contributed by atoms with van der Waals surface area (Å²) in [4.78, 5) is 0. The van der Waals surface area contributed by atoms with Crippen LogP contribution in [0.2, 0.25) is 0 Å². The van der Waals surface area contributed by atoms with Crippen molar-refractivity contribution in [1.29, 1.82) is 0 Å². The maximum Gasteiger partial charge on any atom is 0.0657 e. The van der Waals surface area contributed by atoms with Crippen LogP contribution in [0.25, 0.3) is 0 Å². The van der Waals surface area contributed by atoms with Crippen molar-refractivity contribution in [2.45, 2.75) is 57.7 Å². The zero-order valence-electron chi connectivity index (χ0n) is 9.64. The van der Waals surface area contributed by atoms with Crippen molar-refractivity contribution in [3.8, 4) is 0 Å². The van der Waals surface area contributed by atoms with Gasteiger partial charge < -0.3 is 15.7 Å². The highest BCUT2D eigenvalue weighted by molar-refractivity contribution is 4.87. The van der Waals surface area contributed by atoms with Gasteiger partial charge in [0.05, 0.1) is 5.60 Å². The molecule has 14 heavy (non-hydrogen) atoms. The monoisotopic (exact) mass is 200 g/mol. The number of hydrogen-bond acceptors (Lipinski definition) is 3. The molecule has 84 valence electrons. The summed E-state index contributed by atoms with van der Waals surface area (Å²) in [7, 11) is 0. The second-order valence-electron chi connectivity index (χ2n) is 4.55. The van der Waals surface area contributed by atoms with Gasteiger partial charge in [-0.15, -0.1) is 0 Å². The van der Waals surface area contributed by atoms with E-state index in [-0.39, 0.29) is 0 Å². The highest BCUT2D eigenvalue weighted by Crippen LogP contribution is 2.21. The first-order valence-electron chi connectivity index (χ1n) is 5.79. The molecule has 1 saturated heterocycles.